The molecule has 3 aromatic carbocycles. The maximum absolute atomic E-state index is 11.2. The lowest BCUT2D eigenvalue weighted by Gasteiger charge is -2.39. The summed E-state index contributed by atoms with van der Waals surface area (Å²) in [5, 5.41) is 0. The third kappa shape index (κ3) is 3.55. The molecule has 1 aliphatic heterocycles. The summed E-state index contributed by atoms with van der Waals surface area (Å²) < 4.78 is 0. The topological polar surface area (TPSA) is 20.3 Å². The summed E-state index contributed by atoms with van der Waals surface area (Å²) in [7, 11) is 0. The highest BCUT2D eigenvalue weighted by Gasteiger charge is 2.26. The number of aldehydes is 1. The second-order valence-electron chi connectivity index (χ2n) is 7.00. The average Bonchev–Trinajstić information content (AvgIpc) is 2.71. The monoisotopic (exact) mass is 341 g/mol. The lowest BCUT2D eigenvalue weighted by Crippen LogP contribution is -2.40. The second-order valence-corrected chi connectivity index (χ2v) is 7.00. The first-order valence-corrected chi connectivity index (χ1v) is 9.26. The molecule has 0 fully saturated rings. The first-order chi connectivity index (χ1) is 12.8. The molecule has 26 heavy (non-hydrogen) atoms. The van der Waals surface area contributed by atoms with Gasteiger partial charge in [0.05, 0.1) is 0 Å². The molecule has 0 N–H and O–H groups in total. The Kier molecular flexibility index (Phi) is 4.83. The molecule has 0 radical (unpaired) electrons. The van der Waals surface area contributed by atoms with Gasteiger partial charge in [-0.25, -0.2) is 0 Å². The molecule has 0 aromatic heterocycles. The van der Waals surface area contributed by atoms with Crippen LogP contribution in [0.25, 0.3) is 0 Å². The molecule has 0 amide bonds. The van der Waals surface area contributed by atoms with E-state index in [4.69, 9.17) is 0 Å². The van der Waals surface area contributed by atoms with Crippen molar-refractivity contribution >= 4 is 12.0 Å². The fraction of sp³-hybridized carbons (Fsp3) is 0.208. The Labute approximate surface area is 155 Å². The number of nitrogens with zero attached hydrogens (tertiary/aromatic N) is 1. The third-order valence-corrected chi connectivity index (χ3v) is 5.25. The first kappa shape index (κ1) is 16.6. The molecule has 2 heteroatoms. The lowest BCUT2D eigenvalue weighted by atomic mass is 9.90. The molecule has 3 aromatic rings. The van der Waals surface area contributed by atoms with Crippen molar-refractivity contribution in [3.8, 4) is 0 Å². The Morgan fingerprint density at radius 3 is 2.27 bits per heavy atom. The Balaban J connectivity index is 1.67. The van der Waals surface area contributed by atoms with E-state index in [1.807, 2.05) is 6.07 Å². The van der Waals surface area contributed by atoms with Crippen LogP contribution in [0.15, 0.2) is 78.9 Å². The van der Waals surface area contributed by atoms with Crippen LogP contribution in [-0.2, 0) is 19.4 Å². The molecule has 0 saturated heterocycles. The van der Waals surface area contributed by atoms with E-state index >= 15 is 0 Å². The van der Waals surface area contributed by atoms with Gasteiger partial charge < -0.3 is 4.90 Å². The molecule has 4 rings (SSSR count). The molecule has 1 unspecified atom stereocenters. The number of fused-ring (bicyclic) bond motifs is 1. The summed E-state index contributed by atoms with van der Waals surface area (Å²) in [5.41, 5.74) is 6.02. The zero-order valence-corrected chi connectivity index (χ0v) is 14.8. The van der Waals surface area contributed by atoms with E-state index in [1.54, 1.807) is 0 Å². The Bertz CT molecular complexity index is 873. The summed E-state index contributed by atoms with van der Waals surface area (Å²) >= 11 is 0. The van der Waals surface area contributed by atoms with Crippen LogP contribution in [0.5, 0.6) is 0 Å². The van der Waals surface area contributed by atoms with E-state index in [-0.39, 0.29) is 0 Å². The van der Waals surface area contributed by atoms with Crippen LogP contribution in [0.3, 0.4) is 0 Å². The number of anilines is 1. The molecule has 0 bridgehead atoms. The molecule has 1 heterocycles. The predicted molar refractivity (Wildman–Crippen MR) is 107 cm³/mol. The smallest absolute Gasteiger partial charge is 0.150 e. The molecule has 1 aliphatic rings. The molecule has 130 valence electrons. The maximum atomic E-state index is 11.2. The summed E-state index contributed by atoms with van der Waals surface area (Å²) in [5.74, 6) is 0. The van der Waals surface area contributed by atoms with Gasteiger partial charge >= 0.3 is 0 Å². The predicted octanol–water partition coefficient (Wildman–Crippen LogP) is 5.06. The van der Waals surface area contributed by atoms with Crippen LogP contribution >= 0.6 is 0 Å². The van der Waals surface area contributed by atoms with Gasteiger partial charge in [-0.2, -0.15) is 0 Å². The number of benzene rings is 3. The molecule has 0 spiro atoms. The molecule has 0 aliphatic carbocycles. The van der Waals surface area contributed by atoms with Crippen molar-refractivity contribution in [1.82, 2.24) is 0 Å². The van der Waals surface area contributed by atoms with Gasteiger partial charge in [-0.15, -0.1) is 0 Å². The summed E-state index contributed by atoms with van der Waals surface area (Å²) in [6.45, 7) is 0.895. The van der Waals surface area contributed by atoms with Crippen LogP contribution in [-0.4, -0.2) is 12.3 Å². The van der Waals surface area contributed by atoms with Crippen molar-refractivity contribution < 1.29 is 4.79 Å². The van der Waals surface area contributed by atoms with Crippen molar-refractivity contribution in [3.05, 3.63) is 101 Å². The Morgan fingerprint density at radius 1 is 0.885 bits per heavy atom. The summed E-state index contributed by atoms with van der Waals surface area (Å²) in [4.78, 5) is 13.7. The van der Waals surface area contributed by atoms with Crippen LogP contribution in [0.1, 0.15) is 33.5 Å². The lowest BCUT2D eigenvalue weighted by molar-refractivity contribution is 0.112. The fourth-order valence-electron chi connectivity index (χ4n) is 3.93. The van der Waals surface area contributed by atoms with Gasteiger partial charge in [0.1, 0.15) is 6.29 Å². The van der Waals surface area contributed by atoms with Crippen LogP contribution in [0, 0.1) is 0 Å². The zero-order valence-electron chi connectivity index (χ0n) is 14.8. The van der Waals surface area contributed by atoms with Gasteiger partial charge in [-0.3, -0.25) is 4.79 Å². The molecular weight excluding hydrogens is 318 g/mol. The molecular formula is C24H23NO. The second kappa shape index (κ2) is 7.57. The van der Waals surface area contributed by atoms with E-state index < -0.39 is 0 Å². The van der Waals surface area contributed by atoms with E-state index in [0.29, 0.717) is 6.04 Å². The molecule has 2 nitrogen and oxygen atoms in total. The molecule has 1 atom stereocenters. The third-order valence-electron chi connectivity index (χ3n) is 5.25. The van der Waals surface area contributed by atoms with Crippen molar-refractivity contribution in [2.24, 2.45) is 0 Å². The first-order valence-electron chi connectivity index (χ1n) is 9.26. The largest absolute Gasteiger partial charge is 0.364 e. The minimum atomic E-state index is 0.465. The summed E-state index contributed by atoms with van der Waals surface area (Å²) in [6, 6.07) is 27.9. The zero-order chi connectivity index (χ0) is 17.8. The van der Waals surface area contributed by atoms with E-state index in [0.717, 1.165) is 37.7 Å². The SMILES string of the molecule is O=Cc1ccc2c(c1)CCC(Cc1ccccc1)N2Cc1ccccc1. The van der Waals surface area contributed by atoms with Gasteiger partial charge in [0.15, 0.2) is 0 Å². The Morgan fingerprint density at radius 2 is 1.58 bits per heavy atom. The minimum Gasteiger partial charge on any atom is -0.364 e. The van der Waals surface area contributed by atoms with Gasteiger partial charge in [-0.05, 0) is 54.2 Å². The highest BCUT2D eigenvalue weighted by atomic mass is 16.1. The normalized spacial score (nSPS) is 16.2. The highest BCUT2D eigenvalue weighted by Crippen LogP contribution is 2.34. The van der Waals surface area contributed by atoms with Gasteiger partial charge in [0.25, 0.3) is 0 Å². The van der Waals surface area contributed by atoms with Crippen LogP contribution in [0.2, 0.25) is 0 Å². The standard InChI is InChI=1S/C24H23NO/c26-18-21-11-14-24-22(15-21)12-13-23(16-19-7-3-1-4-8-19)25(24)17-20-9-5-2-6-10-20/h1-11,14-15,18,23H,12-13,16-17H2. The van der Waals surface area contributed by atoms with Gasteiger partial charge in [0.2, 0.25) is 0 Å². The van der Waals surface area contributed by atoms with Crippen molar-refractivity contribution in [1.29, 1.82) is 0 Å². The number of carbonyl (C=O) groups is 1. The van der Waals surface area contributed by atoms with Crippen molar-refractivity contribution in [2.75, 3.05) is 4.90 Å². The maximum Gasteiger partial charge on any atom is 0.150 e. The van der Waals surface area contributed by atoms with Crippen molar-refractivity contribution in [3.63, 3.8) is 0 Å². The number of hydrogen-bond donors (Lipinski definition) is 0. The fourth-order valence-corrected chi connectivity index (χ4v) is 3.93. The number of hydrogen-bond acceptors (Lipinski definition) is 2. The van der Waals surface area contributed by atoms with E-state index in [1.165, 1.54) is 22.4 Å². The summed E-state index contributed by atoms with van der Waals surface area (Å²) in [6.07, 6.45) is 4.12. The number of carbonyl (C=O) groups excluding carboxylic acids is 1. The highest BCUT2D eigenvalue weighted by molar-refractivity contribution is 5.77. The van der Waals surface area contributed by atoms with E-state index in [2.05, 4.69) is 77.7 Å². The average molecular weight is 341 g/mol. The molecule has 0 saturated carbocycles. The van der Waals surface area contributed by atoms with Gasteiger partial charge in [-0.1, -0.05) is 60.7 Å². The quantitative estimate of drug-likeness (QED) is 0.604. The van der Waals surface area contributed by atoms with Crippen molar-refractivity contribution in [2.45, 2.75) is 31.8 Å². The Hall–Kier alpha value is -2.87. The van der Waals surface area contributed by atoms with Gasteiger partial charge in [0, 0.05) is 23.8 Å². The van der Waals surface area contributed by atoms with Crippen LogP contribution < -0.4 is 4.90 Å². The van der Waals surface area contributed by atoms with Crippen LogP contribution in [0.4, 0.5) is 5.69 Å². The minimum absolute atomic E-state index is 0.465. The van der Waals surface area contributed by atoms with E-state index in [9.17, 15) is 4.79 Å². The number of rotatable bonds is 5. The number of aryl methyl sites for hydroxylation is 1.